The maximum atomic E-state index is 9.64. The molecule has 4 nitrogen and oxygen atoms in total. The molecular weight excluding hydrogens is 320 g/mol. The molecule has 1 aliphatic heterocycles. The number of aryl methyl sites for hydroxylation is 1. The summed E-state index contributed by atoms with van der Waals surface area (Å²) < 4.78 is 5.99. The highest BCUT2D eigenvalue weighted by atomic mass is 32.2. The Morgan fingerprint density at radius 2 is 1.96 bits per heavy atom. The topological polar surface area (TPSA) is 39.9 Å². The van der Waals surface area contributed by atoms with Crippen LogP contribution in [-0.2, 0) is 6.54 Å². The van der Waals surface area contributed by atoms with Crippen molar-refractivity contribution < 1.29 is 9.52 Å². The first kappa shape index (κ1) is 17.5. The van der Waals surface area contributed by atoms with Crippen LogP contribution in [0.1, 0.15) is 17.7 Å². The molecule has 130 valence electrons. The SMILES string of the molecule is Cc1ccc(Sc2ccc(CN3C[C@H](N(C)C)C[C@H]3CO)o2)cc1. The van der Waals surface area contributed by atoms with Crippen molar-refractivity contribution in [3.63, 3.8) is 0 Å². The number of likely N-dealkylation sites (N-methyl/N-ethyl adjacent to an activating group) is 1. The van der Waals surface area contributed by atoms with Crippen molar-refractivity contribution in [3.05, 3.63) is 47.7 Å². The van der Waals surface area contributed by atoms with Gasteiger partial charge in [-0.25, -0.2) is 0 Å². The van der Waals surface area contributed by atoms with Gasteiger partial charge in [-0.1, -0.05) is 29.5 Å². The molecule has 0 aliphatic carbocycles. The molecule has 0 unspecified atom stereocenters. The highest BCUT2D eigenvalue weighted by molar-refractivity contribution is 7.99. The number of furan rings is 1. The molecule has 2 aromatic rings. The van der Waals surface area contributed by atoms with Crippen molar-refractivity contribution in [2.24, 2.45) is 0 Å². The summed E-state index contributed by atoms with van der Waals surface area (Å²) in [5.74, 6) is 0.961. The minimum absolute atomic E-state index is 0.204. The van der Waals surface area contributed by atoms with E-state index in [1.54, 1.807) is 11.8 Å². The van der Waals surface area contributed by atoms with Gasteiger partial charge in [-0.15, -0.1) is 0 Å². The van der Waals surface area contributed by atoms with Crippen molar-refractivity contribution >= 4 is 11.8 Å². The number of aliphatic hydroxyl groups is 1. The monoisotopic (exact) mass is 346 g/mol. The molecule has 0 amide bonds. The second-order valence-corrected chi connectivity index (χ2v) is 7.83. The minimum Gasteiger partial charge on any atom is -0.453 e. The summed E-state index contributed by atoms with van der Waals surface area (Å²) in [5.41, 5.74) is 1.26. The Labute approximate surface area is 148 Å². The van der Waals surface area contributed by atoms with Gasteiger partial charge in [0.05, 0.1) is 13.2 Å². The van der Waals surface area contributed by atoms with Crippen molar-refractivity contribution in [3.8, 4) is 0 Å². The van der Waals surface area contributed by atoms with Crippen molar-refractivity contribution in [1.29, 1.82) is 0 Å². The number of nitrogens with zero attached hydrogens (tertiary/aromatic N) is 2. The predicted molar refractivity (Wildman–Crippen MR) is 97.4 cm³/mol. The molecule has 0 radical (unpaired) electrons. The standard InChI is InChI=1S/C19H26N2O2S/c1-14-4-7-18(8-5-14)24-19-9-6-17(23-19)12-21-11-15(20(2)3)10-16(21)13-22/h4-9,15-16,22H,10-13H2,1-3H3/t15-,16+/m1/s1. The fourth-order valence-electron chi connectivity index (χ4n) is 3.14. The Morgan fingerprint density at radius 3 is 2.62 bits per heavy atom. The van der Waals surface area contributed by atoms with Gasteiger partial charge < -0.3 is 14.4 Å². The summed E-state index contributed by atoms with van der Waals surface area (Å²) in [4.78, 5) is 5.75. The molecule has 1 aromatic heterocycles. The lowest BCUT2D eigenvalue weighted by Gasteiger charge is -2.21. The summed E-state index contributed by atoms with van der Waals surface area (Å²) >= 11 is 1.64. The molecule has 1 fully saturated rings. The summed E-state index contributed by atoms with van der Waals surface area (Å²) in [7, 11) is 4.21. The third kappa shape index (κ3) is 4.22. The molecule has 1 aromatic carbocycles. The maximum absolute atomic E-state index is 9.64. The summed E-state index contributed by atoms with van der Waals surface area (Å²) in [6, 6.07) is 13.3. The van der Waals surface area contributed by atoms with Crippen LogP contribution < -0.4 is 0 Å². The fraction of sp³-hybridized carbons (Fsp3) is 0.474. The lowest BCUT2D eigenvalue weighted by molar-refractivity contribution is 0.144. The lowest BCUT2D eigenvalue weighted by Crippen LogP contribution is -2.33. The second-order valence-electron chi connectivity index (χ2n) is 6.75. The zero-order valence-corrected chi connectivity index (χ0v) is 15.4. The second kappa shape index (κ2) is 7.74. The number of likely N-dealkylation sites (tertiary alicyclic amines) is 1. The van der Waals surface area contributed by atoms with E-state index in [1.807, 2.05) is 12.1 Å². The Hall–Kier alpha value is -1.27. The predicted octanol–water partition coefficient (Wildman–Crippen LogP) is 3.24. The van der Waals surface area contributed by atoms with Crippen molar-refractivity contribution in [1.82, 2.24) is 9.80 Å². The molecule has 1 N–H and O–H groups in total. The molecule has 5 heteroatoms. The summed E-state index contributed by atoms with van der Waals surface area (Å²) in [6.45, 7) is 4.02. The highest BCUT2D eigenvalue weighted by Crippen LogP contribution is 2.30. The van der Waals surface area contributed by atoms with Gasteiger partial charge in [-0.3, -0.25) is 4.90 Å². The molecular formula is C19H26N2O2S. The number of hydrogen-bond acceptors (Lipinski definition) is 5. The first-order valence-electron chi connectivity index (χ1n) is 8.39. The van der Waals surface area contributed by atoms with Crippen LogP contribution in [0, 0.1) is 6.92 Å². The Bertz CT molecular complexity index is 654. The third-order valence-corrected chi connectivity index (χ3v) is 5.61. The average molecular weight is 346 g/mol. The van der Waals surface area contributed by atoms with Crippen molar-refractivity contribution in [2.45, 2.75) is 42.0 Å². The van der Waals surface area contributed by atoms with E-state index in [1.165, 1.54) is 10.5 Å². The van der Waals surface area contributed by atoms with Gasteiger partial charge in [0.25, 0.3) is 0 Å². The molecule has 0 bridgehead atoms. The Balaban J connectivity index is 1.62. The third-order valence-electron chi connectivity index (χ3n) is 4.68. The van der Waals surface area contributed by atoms with Crippen molar-refractivity contribution in [2.75, 3.05) is 27.2 Å². The lowest BCUT2D eigenvalue weighted by atomic mass is 10.1. The van der Waals surface area contributed by atoms with Crippen LogP contribution in [0.15, 0.2) is 50.8 Å². The quantitative estimate of drug-likeness (QED) is 0.869. The van der Waals surface area contributed by atoms with Gasteiger partial charge >= 0.3 is 0 Å². The Morgan fingerprint density at radius 1 is 1.21 bits per heavy atom. The van der Waals surface area contributed by atoms with E-state index in [9.17, 15) is 5.11 Å². The highest BCUT2D eigenvalue weighted by Gasteiger charge is 2.33. The average Bonchev–Trinajstić information content (AvgIpc) is 3.17. The number of benzene rings is 1. The minimum atomic E-state index is 0.204. The van der Waals surface area contributed by atoms with Crippen LogP contribution in [0.25, 0.3) is 0 Å². The van der Waals surface area contributed by atoms with E-state index in [-0.39, 0.29) is 12.6 Å². The van der Waals surface area contributed by atoms with Crippen LogP contribution in [0.5, 0.6) is 0 Å². The van der Waals surface area contributed by atoms with Crippen LogP contribution >= 0.6 is 11.8 Å². The molecule has 0 spiro atoms. The Kier molecular flexibility index (Phi) is 5.66. The van der Waals surface area contributed by atoms with Crippen LogP contribution in [0.3, 0.4) is 0 Å². The van der Waals surface area contributed by atoms with Gasteiger partial charge in [-0.2, -0.15) is 0 Å². The van der Waals surface area contributed by atoms with E-state index >= 15 is 0 Å². The normalized spacial score (nSPS) is 21.7. The molecule has 2 heterocycles. The maximum Gasteiger partial charge on any atom is 0.165 e. The zero-order chi connectivity index (χ0) is 17.1. The summed E-state index contributed by atoms with van der Waals surface area (Å²) in [6.07, 6.45) is 1.01. The molecule has 0 saturated carbocycles. The van der Waals surface area contributed by atoms with Gasteiger partial charge in [0, 0.05) is 23.5 Å². The molecule has 3 rings (SSSR count). The first-order chi connectivity index (χ1) is 11.5. The molecule has 1 aliphatic rings. The number of aliphatic hydroxyl groups excluding tert-OH is 1. The molecule has 2 atom stereocenters. The number of rotatable bonds is 6. The van der Waals surface area contributed by atoms with Crippen LogP contribution in [0.2, 0.25) is 0 Å². The largest absolute Gasteiger partial charge is 0.453 e. The van der Waals surface area contributed by atoms with E-state index in [0.29, 0.717) is 6.04 Å². The summed E-state index contributed by atoms with van der Waals surface area (Å²) in [5, 5.41) is 10.6. The van der Waals surface area contributed by atoms with Gasteiger partial charge in [0.2, 0.25) is 0 Å². The number of hydrogen-bond donors (Lipinski definition) is 1. The van der Waals surface area contributed by atoms with Gasteiger partial charge in [0.15, 0.2) is 5.09 Å². The zero-order valence-electron chi connectivity index (χ0n) is 14.6. The van der Waals surface area contributed by atoms with E-state index in [4.69, 9.17) is 4.42 Å². The van der Waals surface area contributed by atoms with E-state index in [0.717, 1.165) is 30.4 Å². The smallest absolute Gasteiger partial charge is 0.165 e. The van der Waals surface area contributed by atoms with E-state index < -0.39 is 0 Å². The van der Waals surface area contributed by atoms with Gasteiger partial charge in [-0.05, 0) is 51.7 Å². The van der Waals surface area contributed by atoms with E-state index in [2.05, 4.69) is 55.1 Å². The first-order valence-corrected chi connectivity index (χ1v) is 9.21. The fourth-order valence-corrected chi connectivity index (χ4v) is 3.93. The van der Waals surface area contributed by atoms with Gasteiger partial charge in [0.1, 0.15) is 5.76 Å². The van der Waals surface area contributed by atoms with Crippen LogP contribution in [0.4, 0.5) is 0 Å². The van der Waals surface area contributed by atoms with Crippen LogP contribution in [-0.4, -0.2) is 54.2 Å². The molecule has 24 heavy (non-hydrogen) atoms. The molecule has 1 saturated heterocycles.